The molecule has 0 aliphatic carbocycles. The lowest BCUT2D eigenvalue weighted by atomic mass is 10.1. The molecular formula is C7H14N4O. The molecule has 0 spiro atoms. The molecule has 12 heavy (non-hydrogen) atoms. The van der Waals surface area contributed by atoms with Gasteiger partial charge in [0, 0.05) is 5.54 Å². The third kappa shape index (κ3) is 2.41. The summed E-state index contributed by atoms with van der Waals surface area (Å²) in [6.45, 7) is 6.17. The van der Waals surface area contributed by atoms with Crippen molar-refractivity contribution in [3.05, 3.63) is 0 Å². The van der Waals surface area contributed by atoms with Crippen molar-refractivity contribution in [2.45, 2.75) is 26.3 Å². The highest BCUT2D eigenvalue weighted by atomic mass is 16.2. The maximum absolute atomic E-state index is 11.3. The van der Waals surface area contributed by atoms with Crippen LogP contribution in [0.3, 0.4) is 0 Å². The number of hydrogen-bond acceptors (Lipinski definition) is 3. The van der Waals surface area contributed by atoms with Crippen LogP contribution in [0, 0.1) is 0 Å². The number of nitrogens with zero attached hydrogens (tertiary/aromatic N) is 2. The predicted octanol–water partition coefficient (Wildman–Crippen LogP) is 0.301. The van der Waals surface area contributed by atoms with Crippen molar-refractivity contribution in [1.82, 2.24) is 15.8 Å². The summed E-state index contributed by atoms with van der Waals surface area (Å²) in [5.41, 5.74) is 2.50. The second kappa shape index (κ2) is 3.00. The van der Waals surface area contributed by atoms with Crippen molar-refractivity contribution >= 4 is 12.4 Å². The van der Waals surface area contributed by atoms with Gasteiger partial charge in [-0.25, -0.2) is 9.80 Å². The smallest absolute Gasteiger partial charge is 0.332 e. The van der Waals surface area contributed by atoms with E-state index in [-0.39, 0.29) is 11.6 Å². The van der Waals surface area contributed by atoms with Gasteiger partial charge in [-0.2, -0.15) is 0 Å². The van der Waals surface area contributed by atoms with Crippen LogP contribution >= 0.6 is 0 Å². The Kier molecular flexibility index (Phi) is 2.21. The van der Waals surface area contributed by atoms with Crippen LogP contribution in [-0.4, -0.2) is 29.6 Å². The largest absolute Gasteiger partial charge is 0.338 e. The molecule has 0 aromatic rings. The molecule has 1 aliphatic heterocycles. The van der Waals surface area contributed by atoms with E-state index in [0.29, 0.717) is 6.67 Å². The van der Waals surface area contributed by atoms with Gasteiger partial charge in [0.1, 0.15) is 13.0 Å². The maximum Gasteiger partial charge on any atom is 0.338 e. The molecule has 0 saturated carbocycles. The van der Waals surface area contributed by atoms with Crippen molar-refractivity contribution in [2.24, 2.45) is 4.99 Å². The van der Waals surface area contributed by atoms with E-state index in [0.717, 1.165) is 0 Å². The van der Waals surface area contributed by atoms with E-state index >= 15 is 0 Å². The Morgan fingerprint density at radius 1 is 1.67 bits per heavy atom. The Labute approximate surface area is 71.8 Å². The van der Waals surface area contributed by atoms with Crippen LogP contribution in [-0.2, 0) is 0 Å². The minimum atomic E-state index is -0.207. The number of urea groups is 1. The van der Waals surface area contributed by atoms with Crippen molar-refractivity contribution in [3.8, 4) is 0 Å². The number of hydrazine groups is 1. The number of nitrogens with one attached hydrogen (secondary N) is 2. The van der Waals surface area contributed by atoms with Gasteiger partial charge in [0.25, 0.3) is 0 Å². The first kappa shape index (κ1) is 8.83. The normalized spacial score (nSPS) is 16.1. The van der Waals surface area contributed by atoms with E-state index in [9.17, 15) is 4.79 Å². The first-order valence-corrected chi connectivity index (χ1v) is 3.83. The number of carbonyl (C=O) groups is 1. The Morgan fingerprint density at radius 3 is 2.75 bits per heavy atom. The molecule has 0 aromatic heterocycles. The Morgan fingerprint density at radius 2 is 2.33 bits per heavy atom. The minimum Gasteiger partial charge on any atom is -0.332 e. The second-order valence-corrected chi connectivity index (χ2v) is 3.69. The Balaban J connectivity index is 2.39. The lowest BCUT2D eigenvalue weighted by Crippen LogP contribution is -2.51. The Hall–Kier alpha value is -1.26. The molecule has 5 nitrogen and oxygen atoms in total. The molecule has 5 heteroatoms. The average molecular weight is 170 g/mol. The first-order valence-electron chi connectivity index (χ1n) is 3.83. The van der Waals surface area contributed by atoms with Gasteiger partial charge in [0.15, 0.2) is 0 Å². The van der Waals surface area contributed by atoms with E-state index < -0.39 is 0 Å². The zero-order valence-electron chi connectivity index (χ0n) is 7.59. The van der Waals surface area contributed by atoms with Crippen LogP contribution < -0.4 is 10.7 Å². The third-order valence-corrected chi connectivity index (χ3v) is 1.26. The number of rotatable bonds is 0. The lowest BCUT2D eigenvalue weighted by molar-refractivity contribution is 0.185. The number of carbonyl (C=O) groups excluding carboxylic acids is 1. The van der Waals surface area contributed by atoms with Crippen LogP contribution in [0.25, 0.3) is 0 Å². The fraction of sp³-hybridized carbons (Fsp3) is 0.714. The van der Waals surface area contributed by atoms with Crippen molar-refractivity contribution < 1.29 is 4.79 Å². The zero-order chi connectivity index (χ0) is 9.19. The molecule has 68 valence electrons. The molecule has 0 radical (unpaired) electrons. The van der Waals surface area contributed by atoms with Gasteiger partial charge in [0.05, 0.1) is 0 Å². The first-order chi connectivity index (χ1) is 5.49. The summed E-state index contributed by atoms with van der Waals surface area (Å²) in [4.78, 5) is 15.2. The van der Waals surface area contributed by atoms with Gasteiger partial charge in [-0.3, -0.25) is 10.4 Å². The topological polar surface area (TPSA) is 56.7 Å². The summed E-state index contributed by atoms with van der Waals surface area (Å²) in [6.07, 6.45) is 1.50. The zero-order valence-corrected chi connectivity index (χ0v) is 7.59. The molecule has 2 amide bonds. The quantitative estimate of drug-likeness (QED) is 0.549. The molecular weight excluding hydrogens is 156 g/mol. The molecule has 2 N–H and O–H groups in total. The predicted molar refractivity (Wildman–Crippen MR) is 46.6 cm³/mol. The van der Waals surface area contributed by atoms with E-state index in [4.69, 9.17) is 0 Å². The molecule has 0 fully saturated rings. The van der Waals surface area contributed by atoms with Crippen molar-refractivity contribution in [2.75, 3.05) is 6.67 Å². The van der Waals surface area contributed by atoms with Crippen molar-refractivity contribution in [1.29, 1.82) is 0 Å². The fourth-order valence-corrected chi connectivity index (χ4v) is 0.785. The molecule has 1 heterocycles. The highest BCUT2D eigenvalue weighted by Gasteiger charge is 2.20. The molecule has 0 unspecified atom stereocenters. The maximum atomic E-state index is 11.3. The van der Waals surface area contributed by atoms with Crippen LogP contribution in [0.1, 0.15) is 20.8 Å². The minimum absolute atomic E-state index is 0.153. The summed E-state index contributed by atoms with van der Waals surface area (Å²) >= 11 is 0. The average Bonchev–Trinajstić information content (AvgIpc) is 2.32. The number of aliphatic imine (C=N–C) groups is 1. The van der Waals surface area contributed by atoms with Crippen LogP contribution in [0.15, 0.2) is 4.99 Å². The van der Waals surface area contributed by atoms with E-state index in [1.165, 1.54) is 11.3 Å². The van der Waals surface area contributed by atoms with Crippen LogP contribution in [0.4, 0.5) is 4.79 Å². The van der Waals surface area contributed by atoms with Crippen molar-refractivity contribution in [3.63, 3.8) is 0 Å². The number of amides is 2. The van der Waals surface area contributed by atoms with E-state index in [2.05, 4.69) is 15.7 Å². The summed E-state index contributed by atoms with van der Waals surface area (Å²) < 4.78 is 0. The third-order valence-electron chi connectivity index (χ3n) is 1.26. The summed E-state index contributed by atoms with van der Waals surface area (Å²) in [6, 6.07) is -0.153. The Bertz CT molecular complexity index is 198. The van der Waals surface area contributed by atoms with Gasteiger partial charge in [-0.1, -0.05) is 0 Å². The second-order valence-electron chi connectivity index (χ2n) is 3.69. The molecule has 0 saturated heterocycles. The van der Waals surface area contributed by atoms with Crippen LogP contribution in [0.2, 0.25) is 0 Å². The monoisotopic (exact) mass is 170 g/mol. The van der Waals surface area contributed by atoms with Gasteiger partial charge in [-0.05, 0) is 20.8 Å². The molecule has 0 bridgehead atoms. The van der Waals surface area contributed by atoms with Gasteiger partial charge < -0.3 is 5.32 Å². The van der Waals surface area contributed by atoms with Crippen LogP contribution in [0.5, 0.6) is 0 Å². The standard InChI is InChI=1S/C7H14N4O/c1-7(2,3)10-6(12)11-5-8-4-9-11/h4H,5H2,1-3H3,(H,8,9)(H,10,12). The fourth-order valence-electron chi connectivity index (χ4n) is 0.785. The SMILES string of the molecule is CC(C)(C)NC(=O)N1CN=CN1. The summed E-state index contributed by atoms with van der Waals surface area (Å²) in [7, 11) is 0. The molecule has 1 rings (SSSR count). The molecule has 0 atom stereocenters. The molecule has 1 aliphatic rings. The summed E-state index contributed by atoms with van der Waals surface area (Å²) in [5.74, 6) is 0. The lowest BCUT2D eigenvalue weighted by Gasteiger charge is -2.24. The molecule has 0 aromatic carbocycles. The number of hydrogen-bond donors (Lipinski definition) is 2. The van der Waals surface area contributed by atoms with Gasteiger partial charge >= 0.3 is 6.03 Å². The van der Waals surface area contributed by atoms with Gasteiger partial charge in [-0.15, -0.1) is 0 Å². The van der Waals surface area contributed by atoms with E-state index in [1.54, 1.807) is 0 Å². The van der Waals surface area contributed by atoms with Gasteiger partial charge in [0.2, 0.25) is 0 Å². The van der Waals surface area contributed by atoms with E-state index in [1.807, 2.05) is 20.8 Å². The highest BCUT2D eigenvalue weighted by Crippen LogP contribution is 2.00. The highest BCUT2D eigenvalue weighted by molar-refractivity contribution is 5.77. The summed E-state index contributed by atoms with van der Waals surface area (Å²) in [5, 5.41) is 4.21.